The highest BCUT2D eigenvalue weighted by Crippen LogP contribution is 2.02. The van der Waals surface area contributed by atoms with Crippen LogP contribution >= 0.6 is 0 Å². The smallest absolute Gasteiger partial charge is 0.0378 e. The van der Waals surface area contributed by atoms with Crippen molar-refractivity contribution < 1.29 is 0 Å². The van der Waals surface area contributed by atoms with Gasteiger partial charge >= 0.3 is 0 Å². The molecule has 0 saturated heterocycles. The molecule has 0 radical (unpaired) electrons. The minimum absolute atomic E-state index is 1.05. The van der Waals surface area contributed by atoms with Crippen molar-refractivity contribution in [3.05, 3.63) is 65.4 Å². The second-order valence-corrected chi connectivity index (χ2v) is 4.98. The van der Waals surface area contributed by atoms with Gasteiger partial charge in [-0.3, -0.25) is 9.97 Å². The molecular formula is C17H23N3. The van der Waals surface area contributed by atoms with Crippen LogP contribution in [0.15, 0.2) is 42.9 Å². The normalized spacial score (nSPS) is 10.1. The SMILES string of the molecule is Cc1cc(/C=C/N(C)C)ccn1.Cc1ccnc(C)c1. The molecule has 2 aromatic heterocycles. The van der Waals surface area contributed by atoms with Crippen LogP contribution in [0.25, 0.3) is 6.08 Å². The molecule has 0 amide bonds. The van der Waals surface area contributed by atoms with Crippen LogP contribution in [0, 0.1) is 20.8 Å². The van der Waals surface area contributed by atoms with Gasteiger partial charge in [-0.25, -0.2) is 0 Å². The summed E-state index contributed by atoms with van der Waals surface area (Å²) < 4.78 is 0. The first-order valence-corrected chi connectivity index (χ1v) is 6.64. The molecule has 2 rings (SSSR count). The van der Waals surface area contributed by atoms with Crippen molar-refractivity contribution in [3.8, 4) is 0 Å². The molecule has 0 fully saturated rings. The summed E-state index contributed by atoms with van der Waals surface area (Å²) in [7, 11) is 4.01. The highest BCUT2D eigenvalue weighted by atomic mass is 15.0. The molecule has 0 aliphatic carbocycles. The monoisotopic (exact) mass is 269 g/mol. The molecule has 3 nitrogen and oxygen atoms in total. The summed E-state index contributed by atoms with van der Waals surface area (Å²) in [5.41, 5.74) is 4.61. The molecule has 0 spiro atoms. The lowest BCUT2D eigenvalue weighted by Gasteiger charge is -2.02. The molecule has 3 heteroatoms. The van der Waals surface area contributed by atoms with Gasteiger partial charge in [0.05, 0.1) is 0 Å². The van der Waals surface area contributed by atoms with Gasteiger partial charge in [0.1, 0.15) is 0 Å². The van der Waals surface area contributed by atoms with Crippen LogP contribution in [0.2, 0.25) is 0 Å². The van der Waals surface area contributed by atoms with E-state index in [-0.39, 0.29) is 0 Å². The van der Waals surface area contributed by atoms with E-state index in [1.54, 1.807) is 0 Å². The number of aryl methyl sites for hydroxylation is 3. The van der Waals surface area contributed by atoms with Crippen LogP contribution in [-0.2, 0) is 0 Å². The van der Waals surface area contributed by atoms with E-state index in [4.69, 9.17) is 0 Å². The maximum atomic E-state index is 4.12. The van der Waals surface area contributed by atoms with E-state index in [9.17, 15) is 0 Å². The summed E-state index contributed by atoms with van der Waals surface area (Å²) in [5, 5.41) is 0. The molecule has 2 aromatic rings. The minimum Gasteiger partial charge on any atom is -0.383 e. The number of rotatable bonds is 2. The molecule has 0 saturated carbocycles. The molecule has 20 heavy (non-hydrogen) atoms. The summed E-state index contributed by atoms with van der Waals surface area (Å²) in [6.45, 7) is 6.05. The number of hydrogen-bond acceptors (Lipinski definition) is 3. The van der Waals surface area contributed by atoms with E-state index >= 15 is 0 Å². The standard InChI is InChI=1S/C10H14N2.C7H9N/c1-9-8-10(4-6-11-9)5-7-12(2)3;1-6-3-4-8-7(2)5-6/h4-8H,1-3H3;3-5H,1-2H3/b7-5+;. The number of pyridine rings is 2. The fraction of sp³-hybridized carbons (Fsp3) is 0.294. The van der Waals surface area contributed by atoms with Crippen molar-refractivity contribution in [1.82, 2.24) is 14.9 Å². The Hall–Kier alpha value is -2.16. The lowest BCUT2D eigenvalue weighted by molar-refractivity contribution is 0.567. The van der Waals surface area contributed by atoms with Crippen LogP contribution in [0.4, 0.5) is 0 Å². The van der Waals surface area contributed by atoms with Crippen LogP contribution in [0.1, 0.15) is 22.5 Å². The van der Waals surface area contributed by atoms with Crippen molar-refractivity contribution in [2.45, 2.75) is 20.8 Å². The van der Waals surface area contributed by atoms with Gasteiger partial charge in [-0.15, -0.1) is 0 Å². The topological polar surface area (TPSA) is 29.0 Å². The molecular weight excluding hydrogens is 246 g/mol. The summed E-state index contributed by atoms with van der Waals surface area (Å²) in [6.07, 6.45) is 7.73. The lowest BCUT2D eigenvalue weighted by atomic mass is 10.2. The summed E-state index contributed by atoms with van der Waals surface area (Å²) in [4.78, 5) is 10.2. The Bertz CT molecular complexity index is 542. The van der Waals surface area contributed by atoms with Crippen molar-refractivity contribution in [1.29, 1.82) is 0 Å². The van der Waals surface area contributed by atoms with Gasteiger partial charge in [-0.1, -0.05) is 0 Å². The third kappa shape index (κ3) is 6.69. The second-order valence-electron chi connectivity index (χ2n) is 4.98. The molecule has 0 aromatic carbocycles. The third-order valence-corrected chi connectivity index (χ3v) is 2.54. The fourth-order valence-electron chi connectivity index (χ4n) is 1.59. The van der Waals surface area contributed by atoms with Crippen LogP contribution in [0.3, 0.4) is 0 Å². The number of nitrogens with zero attached hydrogens (tertiary/aromatic N) is 3. The van der Waals surface area contributed by atoms with Crippen molar-refractivity contribution >= 4 is 6.08 Å². The fourth-order valence-corrected chi connectivity index (χ4v) is 1.59. The molecule has 106 valence electrons. The Kier molecular flexibility index (Phi) is 6.44. The minimum atomic E-state index is 1.05. The van der Waals surface area contributed by atoms with Crippen molar-refractivity contribution in [2.24, 2.45) is 0 Å². The van der Waals surface area contributed by atoms with Gasteiger partial charge in [0.15, 0.2) is 0 Å². The predicted molar refractivity (Wildman–Crippen MR) is 85.4 cm³/mol. The predicted octanol–water partition coefficient (Wildman–Crippen LogP) is 3.62. The summed E-state index contributed by atoms with van der Waals surface area (Å²) in [6, 6.07) is 8.10. The average molecular weight is 269 g/mol. The number of aromatic nitrogens is 2. The summed E-state index contributed by atoms with van der Waals surface area (Å²) >= 11 is 0. The van der Waals surface area contributed by atoms with Crippen LogP contribution in [0.5, 0.6) is 0 Å². The van der Waals surface area contributed by atoms with Gasteiger partial charge in [0.2, 0.25) is 0 Å². The van der Waals surface area contributed by atoms with Gasteiger partial charge in [0.25, 0.3) is 0 Å². The van der Waals surface area contributed by atoms with E-state index in [1.807, 2.05) is 63.6 Å². The molecule has 0 atom stereocenters. The highest BCUT2D eigenvalue weighted by molar-refractivity contribution is 5.48. The lowest BCUT2D eigenvalue weighted by Crippen LogP contribution is -1.99. The van der Waals surface area contributed by atoms with E-state index < -0.39 is 0 Å². The maximum absolute atomic E-state index is 4.12. The Morgan fingerprint density at radius 3 is 1.95 bits per heavy atom. The molecule has 0 bridgehead atoms. The first-order valence-electron chi connectivity index (χ1n) is 6.64. The van der Waals surface area contributed by atoms with Gasteiger partial charge in [-0.05, 0) is 68.4 Å². The van der Waals surface area contributed by atoms with Gasteiger partial charge in [-0.2, -0.15) is 0 Å². The Balaban J connectivity index is 0.000000217. The summed E-state index contributed by atoms with van der Waals surface area (Å²) in [5.74, 6) is 0. The van der Waals surface area contributed by atoms with Crippen molar-refractivity contribution in [2.75, 3.05) is 14.1 Å². The Morgan fingerprint density at radius 2 is 1.50 bits per heavy atom. The van der Waals surface area contributed by atoms with Crippen LogP contribution < -0.4 is 0 Å². The molecule has 0 unspecified atom stereocenters. The Morgan fingerprint density at radius 1 is 0.900 bits per heavy atom. The van der Waals surface area contributed by atoms with Gasteiger partial charge < -0.3 is 4.90 Å². The number of hydrogen-bond donors (Lipinski definition) is 0. The van der Waals surface area contributed by atoms with Crippen LogP contribution in [-0.4, -0.2) is 29.0 Å². The second kappa shape index (κ2) is 8.10. The third-order valence-electron chi connectivity index (χ3n) is 2.54. The van der Waals surface area contributed by atoms with E-state index in [1.165, 1.54) is 11.1 Å². The first-order chi connectivity index (χ1) is 9.47. The van der Waals surface area contributed by atoms with E-state index in [0.717, 1.165) is 11.4 Å². The zero-order chi connectivity index (χ0) is 15.0. The molecule has 0 N–H and O–H groups in total. The van der Waals surface area contributed by atoms with E-state index in [0.29, 0.717) is 0 Å². The zero-order valence-electron chi connectivity index (χ0n) is 13.0. The zero-order valence-corrected chi connectivity index (χ0v) is 13.0. The first kappa shape index (κ1) is 15.9. The largest absolute Gasteiger partial charge is 0.383 e. The molecule has 0 aliphatic heterocycles. The Labute approximate surface area is 122 Å². The molecule has 2 heterocycles. The average Bonchev–Trinajstić information content (AvgIpc) is 2.37. The van der Waals surface area contributed by atoms with Gasteiger partial charge in [0, 0.05) is 37.9 Å². The van der Waals surface area contributed by atoms with Crippen molar-refractivity contribution in [3.63, 3.8) is 0 Å². The van der Waals surface area contributed by atoms with E-state index in [2.05, 4.69) is 35.1 Å². The quantitative estimate of drug-likeness (QED) is 0.833. The molecule has 0 aliphatic rings. The maximum Gasteiger partial charge on any atom is 0.0378 e. The highest BCUT2D eigenvalue weighted by Gasteiger charge is 1.87.